The SMILES string of the molecule is CCC(=O)N1CCC[C@@H]1C(=O)N1CCOCC1. The van der Waals surface area contributed by atoms with Gasteiger partial charge in [-0.15, -0.1) is 0 Å². The summed E-state index contributed by atoms with van der Waals surface area (Å²) in [7, 11) is 0. The fourth-order valence-corrected chi connectivity index (χ4v) is 2.52. The number of morpholine rings is 1. The van der Waals surface area contributed by atoms with Gasteiger partial charge in [-0.05, 0) is 12.8 Å². The van der Waals surface area contributed by atoms with Gasteiger partial charge in [0.1, 0.15) is 6.04 Å². The molecular formula is C12H20N2O3. The van der Waals surface area contributed by atoms with Crippen molar-refractivity contribution in [2.45, 2.75) is 32.2 Å². The van der Waals surface area contributed by atoms with E-state index in [1.54, 1.807) is 4.90 Å². The Kier molecular flexibility index (Phi) is 3.99. The number of carbonyl (C=O) groups excluding carboxylic acids is 2. The van der Waals surface area contributed by atoms with Crippen LogP contribution >= 0.6 is 0 Å². The van der Waals surface area contributed by atoms with Gasteiger partial charge >= 0.3 is 0 Å². The van der Waals surface area contributed by atoms with E-state index in [2.05, 4.69) is 0 Å². The molecule has 96 valence electrons. The molecule has 2 rings (SSSR count). The molecular weight excluding hydrogens is 220 g/mol. The summed E-state index contributed by atoms with van der Waals surface area (Å²) in [6, 6.07) is -0.222. The molecule has 2 heterocycles. The van der Waals surface area contributed by atoms with E-state index >= 15 is 0 Å². The van der Waals surface area contributed by atoms with Crippen molar-refractivity contribution < 1.29 is 14.3 Å². The van der Waals surface area contributed by atoms with Crippen molar-refractivity contribution in [1.29, 1.82) is 0 Å². The van der Waals surface area contributed by atoms with Crippen LogP contribution in [0.4, 0.5) is 0 Å². The molecule has 0 aliphatic carbocycles. The normalized spacial score (nSPS) is 25.1. The van der Waals surface area contributed by atoms with E-state index in [9.17, 15) is 9.59 Å². The van der Waals surface area contributed by atoms with Gasteiger partial charge < -0.3 is 14.5 Å². The molecule has 2 amide bonds. The molecule has 2 saturated heterocycles. The molecule has 0 aromatic heterocycles. The highest BCUT2D eigenvalue weighted by atomic mass is 16.5. The second-order valence-corrected chi connectivity index (χ2v) is 4.54. The van der Waals surface area contributed by atoms with E-state index in [4.69, 9.17) is 4.74 Å². The van der Waals surface area contributed by atoms with Crippen LogP contribution in [-0.2, 0) is 14.3 Å². The minimum absolute atomic E-state index is 0.0918. The van der Waals surface area contributed by atoms with Crippen molar-refractivity contribution in [2.24, 2.45) is 0 Å². The van der Waals surface area contributed by atoms with Crippen LogP contribution in [0, 0.1) is 0 Å². The van der Waals surface area contributed by atoms with E-state index < -0.39 is 0 Å². The highest BCUT2D eigenvalue weighted by Gasteiger charge is 2.36. The summed E-state index contributed by atoms with van der Waals surface area (Å²) in [6.07, 6.45) is 2.22. The first-order valence-corrected chi connectivity index (χ1v) is 6.40. The Morgan fingerprint density at radius 2 is 1.94 bits per heavy atom. The largest absolute Gasteiger partial charge is 0.378 e. The van der Waals surface area contributed by atoms with Crippen LogP contribution in [-0.4, -0.2) is 60.5 Å². The van der Waals surface area contributed by atoms with E-state index in [1.807, 2.05) is 11.8 Å². The van der Waals surface area contributed by atoms with Crippen molar-refractivity contribution in [3.8, 4) is 0 Å². The smallest absolute Gasteiger partial charge is 0.245 e. The van der Waals surface area contributed by atoms with Crippen LogP contribution in [0.5, 0.6) is 0 Å². The van der Waals surface area contributed by atoms with Crippen molar-refractivity contribution in [3.63, 3.8) is 0 Å². The zero-order valence-corrected chi connectivity index (χ0v) is 10.4. The predicted molar refractivity (Wildman–Crippen MR) is 62.4 cm³/mol. The molecule has 0 spiro atoms. The molecule has 17 heavy (non-hydrogen) atoms. The monoisotopic (exact) mass is 240 g/mol. The van der Waals surface area contributed by atoms with Crippen LogP contribution < -0.4 is 0 Å². The molecule has 0 aromatic rings. The quantitative estimate of drug-likeness (QED) is 0.695. The van der Waals surface area contributed by atoms with E-state index in [0.717, 1.165) is 19.4 Å². The number of hydrogen-bond donors (Lipinski definition) is 0. The van der Waals surface area contributed by atoms with Crippen LogP contribution in [0.1, 0.15) is 26.2 Å². The molecule has 0 unspecified atom stereocenters. The number of amides is 2. The van der Waals surface area contributed by atoms with Crippen LogP contribution in [0.2, 0.25) is 0 Å². The maximum absolute atomic E-state index is 12.3. The lowest BCUT2D eigenvalue weighted by Crippen LogP contribution is -2.50. The van der Waals surface area contributed by atoms with Crippen LogP contribution in [0.15, 0.2) is 0 Å². The molecule has 5 heteroatoms. The summed E-state index contributed by atoms with van der Waals surface area (Å²) >= 11 is 0. The van der Waals surface area contributed by atoms with Gasteiger partial charge in [0, 0.05) is 26.1 Å². The first kappa shape index (κ1) is 12.4. The summed E-state index contributed by atoms with van der Waals surface area (Å²) in [5, 5.41) is 0. The third-order valence-corrected chi connectivity index (χ3v) is 3.48. The summed E-state index contributed by atoms with van der Waals surface area (Å²) < 4.78 is 5.23. The van der Waals surface area contributed by atoms with Gasteiger partial charge in [0.05, 0.1) is 13.2 Å². The Bertz CT molecular complexity index is 300. The minimum atomic E-state index is -0.222. The van der Waals surface area contributed by atoms with Gasteiger partial charge in [-0.3, -0.25) is 9.59 Å². The number of hydrogen-bond acceptors (Lipinski definition) is 3. The average Bonchev–Trinajstić information content (AvgIpc) is 2.87. The fraction of sp³-hybridized carbons (Fsp3) is 0.833. The Labute approximate surface area is 102 Å². The minimum Gasteiger partial charge on any atom is -0.378 e. The van der Waals surface area contributed by atoms with Gasteiger partial charge in [-0.2, -0.15) is 0 Å². The molecule has 2 aliphatic rings. The number of rotatable bonds is 2. The topological polar surface area (TPSA) is 49.9 Å². The first-order chi connectivity index (χ1) is 8.24. The second kappa shape index (κ2) is 5.49. The lowest BCUT2D eigenvalue weighted by Gasteiger charge is -2.32. The van der Waals surface area contributed by atoms with Crippen molar-refractivity contribution in [2.75, 3.05) is 32.8 Å². The molecule has 2 fully saturated rings. The van der Waals surface area contributed by atoms with Crippen molar-refractivity contribution >= 4 is 11.8 Å². The Balaban J connectivity index is 1.99. The lowest BCUT2D eigenvalue weighted by molar-refractivity contribution is -0.146. The van der Waals surface area contributed by atoms with Crippen LogP contribution in [0.25, 0.3) is 0 Å². The Morgan fingerprint density at radius 3 is 2.59 bits per heavy atom. The second-order valence-electron chi connectivity index (χ2n) is 4.54. The molecule has 0 aromatic carbocycles. The highest BCUT2D eigenvalue weighted by Crippen LogP contribution is 2.20. The number of carbonyl (C=O) groups is 2. The van der Waals surface area contributed by atoms with Crippen LogP contribution in [0.3, 0.4) is 0 Å². The summed E-state index contributed by atoms with van der Waals surface area (Å²) in [4.78, 5) is 27.6. The summed E-state index contributed by atoms with van der Waals surface area (Å²) in [5.41, 5.74) is 0. The number of likely N-dealkylation sites (tertiary alicyclic amines) is 1. The van der Waals surface area contributed by atoms with E-state index in [1.165, 1.54) is 0 Å². The molecule has 5 nitrogen and oxygen atoms in total. The standard InChI is InChI=1S/C12H20N2O3/c1-2-11(15)14-5-3-4-10(14)12(16)13-6-8-17-9-7-13/h10H,2-9H2,1H3/t10-/m1/s1. The molecule has 1 atom stereocenters. The number of nitrogens with zero attached hydrogens (tertiary/aromatic N) is 2. The Morgan fingerprint density at radius 1 is 1.24 bits per heavy atom. The maximum atomic E-state index is 12.3. The van der Waals surface area contributed by atoms with Gasteiger partial charge in [-0.1, -0.05) is 6.92 Å². The lowest BCUT2D eigenvalue weighted by atomic mass is 10.1. The first-order valence-electron chi connectivity index (χ1n) is 6.40. The van der Waals surface area contributed by atoms with Gasteiger partial charge in [0.2, 0.25) is 11.8 Å². The summed E-state index contributed by atoms with van der Waals surface area (Å²) in [6.45, 7) is 5.11. The third kappa shape index (κ3) is 2.60. The fourth-order valence-electron chi connectivity index (χ4n) is 2.52. The van der Waals surface area contributed by atoms with Gasteiger partial charge in [0.25, 0.3) is 0 Å². The third-order valence-electron chi connectivity index (χ3n) is 3.48. The maximum Gasteiger partial charge on any atom is 0.245 e. The van der Waals surface area contributed by atoms with E-state index in [0.29, 0.717) is 32.7 Å². The highest BCUT2D eigenvalue weighted by molar-refractivity contribution is 5.88. The molecule has 0 bridgehead atoms. The van der Waals surface area contributed by atoms with E-state index in [-0.39, 0.29) is 17.9 Å². The van der Waals surface area contributed by atoms with Gasteiger partial charge in [0.15, 0.2) is 0 Å². The molecule has 0 radical (unpaired) electrons. The zero-order chi connectivity index (χ0) is 12.3. The number of ether oxygens (including phenoxy) is 1. The Hall–Kier alpha value is -1.10. The van der Waals surface area contributed by atoms with Crippen molar-refractivity contribution in [3.05, 3.63) is 0 Å². The zero-order valence-electron chi connectivity index (χ0n) is 10.4. The molecule has 2 aliphatic heterocycles. The summed E-state index contributed by atoms with van der Waals surface area (Å²) in [5.74, 6) is 0.196. The van der Waals surface area contributed by atoms with Gasteiger partial charge in [-0.25, -0.2) is 0 Å². The van der Waals surface area contributed by atoms with Crippen molar-refractivity contribution in [1.82, 2.24) is 9.80 Å². The average molecular weight is 240 g/mol. The molecule has 0 N–H and O–H groups in total. The molecule has 0 saturated carbocycles. The predicted octanol–water partition coefficient (Wildman–Crippen LogP) is 0.246.